The lowest BCUT2D eigenvalue weighted by molar-refractivity contribution is 0.371. The first kappa shape index (κ1) is 8.62. The summed E-state index contributed by atoms with van der Waals surface area (Å²) in [6.45, 7) is 3.74. The van der Waals surface area contributed by atoms with E-state index in [-0.39, 0.29) is 5.88 Å². The zero-order valence-electron chi connectivity index (χ0n) is 7.77. The normalized spacial score (nSPS) is 10.4. The molecular weight excluding hydrogens is 180 g/mol. The second kappa shape index (κ2) is 3.06. The molecule has 0 spiro atoms. The second-order valence-corrected chi connectivity index (χ2v) is 2.89. The van der Waals surface area contributed by atoms with Gasteiger partial charge in [-0.05, 0) is 12.1 Å². The van der Waals surface area contributed by atoms with Crippen LogP contribution in [-0.2, 0) is 4.74 Å². The molecule has 2 rings (SSSR count). The number of fused-ring (bicyclic) bond motifs is 1. The molecule has 0 unspecified atom stereocenters. The van der Waals surface area contributed by atoms with Crippen molar-refractivity contribution in [1.82, 2.24) is 9.38 Å². The molecular formula is C10H10N2O2. The highest BCUT2D eigenvalue weighted by Gasteiger charge is 2.03. The summed E-state index contributed by atoms with van der Waals surface area (Å²) >= 11 is 0. The summed E-state index contributed by atoms with van der Waals surface area (Å²) < 4.78 is 6.57. The van der Waals surface area contributed by atoms with Crippen LogP contribution in [-0.4, -0.2) is 21.6 Å². The number of aromatic hydroxyl groups is 1. The minimum absolute atomic E-state index is 0.120. The van der Waals surface area contributed by atoms with Gasteiger partial charge >= 0.3 is 0 Å². The Morgan fingerprint density at radius 2 is 2.43 bits per heavy atom. The molecule has 14 heavy (non-hydrogen) atoms. The maximum absolute atomic E-state index is 9.34. The Hall–Kier alpha value is -1.97. The molecule has 4 nitrogen and oxygen atoms in total. The summed E-state index contributed by atoms with van der Waals surface area (Å²) in [4.78, 5) is 4.01. The van der Waals surface area contributed by atoms with Gasteiger partial charge in [-0.3, -0.25) is 4.40 Å². The van der Waals surface area contributed by atoms with E-state index in [4.69, 9.17) is 4.74 Å². The van der Waals surface area contributed by atoms with E-state index in [0.717, 1.165) is 5.56 Å². The van der Waals surface area contributed by atoms with Crippen LogP contribution in [0.1, 0.15) is 5.56 Å². The first-order chi connectivity index (χ1) is 6.72. The fourth-order valence-corrected chi connectivity index (χ4v) is 1.26. The topological polar surface area (TPSA) is 46.8 Å². The molecule has 1 N–H and O–H groups in total. The van der Waals surface area contributed by atoms with Crippen LogP contribution in [0, 0.1) is 0 Å². The zero-order chi connectivity index (χ0) is 10.1. The number of hydrogen-bond acceptors (Lipinski definition) is 3. The van der Waals surface area contributed by atoms with Gasteiger partial charge in [0.05, 0.1) is 13.3 Å². The summed E-state index contributed by atoms with van der Waals surface area (Å²) in [5.74, 6) is 0.699. The van der Waals surface area contributed by atoms with E-state index in [9.17, 15) is 5.11 Å². The van der Waals surface area contributed by atoms with Crippen LogP contribution in [0.4, 0.5) is 0 Å². The predicted molar refractivity (Wildman–Crippen MR) is 52.9 cm³/mol. The van der Waals surface area contributed by atoms with E-state index >= 15 is 0 Å². The van der Waals surface area contributed by atoms with Crippen LogP contribution in [0.5, 0.6) is 5.88 Å². The predicted octanol–water partition coefficient (Wildman–Crippen LogP) is 1.66. The van der Waals surface area contributed by atoms with Crippen molar-refractivity contribution in [3.05, 3.63) is 36.7 Å². The molecule has 0 aliphatic rings. The standard InChI is InChI=1S/C10H10N2O2/c1-7(14-2)8-3-4-12-9(5-8)11-6-10(12)13/h3-6,13H,1H2,2H3. The van der Waals surface area contributed by atoms with Gasteiger partial charge in [-0.1, -0.05) is 6.58 Å². The minimum atomic E-state index is 0.120. The monoisotopic (exact) mass is 190 g/mol. The lowest BCUT2D eigenvalue weighted by Gasteiger charge is -2.04. The van der Waals surface area contributed by atoms with Crippen molar-refractivity contribution in [2.75, 3.05) is 7.11 Å². The quantitative estimate of drug-likeness (QED) is 0.732. The highest BCUT2D eigenvalue weighted by molar-refractivity contribution is 5.62. The van der Waals surface area contributed by atoms with Gasteiger partial charge in [-0.15, -0.1) is 0 Å². The van der Waals surface area contributed by atoms with Crippen molar-refractivity contribution in [2.45, 2.75) is 0 Å². The fourth-order valence-electron chi connectivity index (χ4n) is 1.26. The number of pyridine rings is 1. The first-order valence-electron chi connectivity index (χ1n) is 4.11. The van der Waals surface area contributed by atoms with Gasteiger partial charge in [-0.2, -0.15) is 0 Å². The SMILES string of the molecule is C=C(OC)c1ccn2c(O)cnc2c1. The Morgan fingerprint density at radius 1 is 1.64 bits per heavy atom. The molecule has 0 saturated carbocycles. The van der Waals surface area contributed by atoms with E-state index in [2.05, 4.69) is 11.6 Å². The fraction of sp³-hybridized carbons (Fsp3) is 0.100. The van der Waals surface area contributed by atoms with Crippen LogP contribution in [0.3, 0.4) is 0 Å². The second-order valence-electron chi connectivity index (χ2n) is 2.89. The number of hydrogen-bond donors (Lipinski definition) is 1. The molecule has 0 saturated heterocycles. The van der Waals surface area contributed by atoms with Gasteiger partial charge in [0.25, 0.3) is 0 Å². The van der Waals surface area contributed by atoms with E-state index < -0.39 is 0 Å². The van der Waals surface area contributed by atoms with Crippen molar-refractivity contribution in [1.29, 1.82) is 0 Å². The van der Waals surface area contributed by atoms with E-state index in [1.165, 1.54) is 6.20 Å². The van der Waals surface area contributed by atoms with Gasteiger partial charge in [0.2, 0.25) is 5.88 Å². The highest BCUT2D eigenvalue weighted by Crippen LogP contribution is 2.18. The van der Waals surface area contributed by atoms with Crippen molar-refractivity contribution in [3.63, 3.8) is 0 Å². The number of aromatic nitrogens is 2. The number of imidazole rings is 1. The van der Waals surface area contributed by atoms with Gasteiger partial charge in [0.15, 0.2) is 0 Å². The molecule has 72 valence electrons. The molecule has 0 aromatic carbocycles. The molecule has 0 radical (unpaired) electrons. The molecule has 0 aliphatic carbocycles. The zero-order valence-corrected chi connectivity index (χ0v) is 7.77. The Bertz CT molecular complexity index is 488. The molecule has 0 bridgehead atoms. The highest BCUT2D eigenvalue weighted by atomic mass is 16.5. The number of ether oxygens (including phenoxy) is 1. The lowest BCUT2D eigenvalue weighted by atomic mass is 10.2. The summed E-state index contributed by atoms with van der Waals surface area (Å²) in [5, 5.41) is 9.34. The van der Waals surface area contributed by atoms with Crippen LogP contribution < -0.4 is 0 Å². The van der Waals surface area contributed by atoms with Gasteiger partial charge < -0.3 is 9.84 Å². The smallest absolute Gasteiger partial charge is 0.215 e. The Balaban J connectivity index is 2.57. The average molecular weight is 190 g/mol. The van der Waals surface area contributed by atoms with E-state index in [0.29, 0.717) is 11.4 Å². The molecule has 0 amide bonds. The molecule has 2 heterocycles. The van der Waals surface area contributed by atoms with Crippen molar-refractivity contribution >= 4 is 11.4 Å². The van der Waals surface area contributed by atoms with Gasteiger partial charge in [0, 0.05) is 11.8 Å². The minimum Gasteiger partial charge on any atom is -0.497 e. The van der Waals surface area contributed by atoms with Crippen LogP contribution >= 0.6 is 0 Å². The largest absolute Gasteiger partial charge is 0.497 e. The number of rotatable bonds is 2. The summed E-state index contributed by atoms with van der Waals surface area (Å²) in [6, 6.07) is 3.60. The maximum atomic E-state index is 9.34. The third kappa shape index (κ3) is 1.21. The lowest BCUT2D eigenvalue weighted by Crippen LogP contribution is -1.89. The van der Waals surface area contributed by atoms with Crippen LogP contribution in [0.25, 0.3) is 11.4 Å². The van der Waals surface area contributed by atoms with E-state index in [1.54, 1.807) is 29.8 Å². The number of nitrogens with zero attached hydrogens (tertiary/aromatic N) is 2. The Labute approximate surface area is 81.1 Å². The summed E-state index contributed by atoms with van der Waals surface area (Å²) in [7, 11) is 1.57. The number of methoxy groups -OCH3 is 1. The maximum Gasteiger partial charge on any atom is 0.215 e. The van der Waals surface area contributed by atoms with Crippen molar-refractivity contribution in [3.8, 4) is 5.88 Å². The van der Waals surface area contributed by atoms with Gasteiger partial charge in [0.1, 0.15) is 11.4 Å². The third-order valence-electron chi connectivity index (χ3n) is 2.06. The van der Waals surface area contributed by atoms with Crippen LogP contribution in [0.15, 0.2) is 31.1 Å². The van der Waals surface area contributed by atoms with Crippen molar-refractivity contribution < 1.29 is 9.84 Å². The van der Waals surface area contributed by atoms with Gasteiger partial charge in [-0.25, -0.2) is 4.98 Å². The summed E-state index contributed by atoms with van der Waals surface area (Å²) in [5.41, 5.74) is 1.52. The molecule has 2 aromatic rings. The molecule has 0 fully saturated rings. The molecule has 4 heteroatoms. The average Bonchev–Trinajstić information content (AvgIpc) is 2.59. The van der Waals surface area contributed by atoms with E-state index in [1.807, 2.05) is 0 Å². The van der Waals surface area contributed by atoms with Crippen molar-refractivity contribution in [2.24, 2.45) is 0 Å². The summed E-state index contributed by atoms with van der Waals surface area (Å²) in [6.07, 6.45) is 3.12. The molecule has 0 aliphatic heterocycles. The molecule has 2 aromatic heterocycles. The first-order valence-corrected chi connectivity index (χ1v) is 4.11. The molecule has 0 atom stereocenters. The van der Waals surface area contributed by atoms with Crippen LogP contribution in [0.2, 0.25) is 0 Å². The third-order valence-corrected chi connectivity index (χ3v) is 2.06. The Morgan fingerprint density at radius 3 is 3.14 bits per heavy atom. The Kier molecular flexibility index (Phi) is 1.89.